The lowest BCUT2D eigenvalue weighted by atomic mass is 9.78. The molecule has 2 aliphatic rings. The van der Waals surface area contributed by atoms with Crippen molar-refractivity contribution in [1.82, 2.24) is 0 Å². The summed E-state index contributed by atoms with van der Waals surface area (Å²) in [6.45, 7) is 20.8. The monoisotopic (exact) mass is 468 g/mol. The first-order valence-corrected chi connectivity index (χ1v) is 14.1. The van der Waals surface area contributed by atoms with Crippen LogP contribution >= 0.6 is 0 Å². The fourth-order valence-electron chi connectivity index (χ4n) is 3.60. The fraction of sp³-hybridized carbons (Fsp3) is 0.792. The molecule has 0 spiro atoms. The van der Waals surface area contributed by atoms with Gasteiger partial charge in [0.05, 0.1) is 12.7 Å². The Morgan fingerprint density at radius 2 is 1.47 bits per heavy atom. The number of ketones is 1. The molecule has 1 fully saturated rings. The number of fused-ring (bicyclic) bond motifs is 2. The average Bonchev–Trinajstić information content (AvgIpc) is 2.84. The Labute approximate surface area is 193 Å². The lowest BCUT2D eigenvalue weighted by molar-refractivity contribution is -0.177. The van der Waals surface area contributed by atoms with Crippen LogP contribution in [0.15, 0.2) is 12.2 Å². The fourth-order valence-corrected chi connectivity index (χ4v) is 4.61. The molecule has 0 radical (unpaired) electrons. The first-order chi connectivity index (χ1) is 14.2. The molecule has 0 aromatic heterocycles. The van der Waals surface area contributed by atoms with E-state index in [1.165, 1.54) is 12.2 Å². The van der Waals surface area contributed by atoms with Gasteiger partial charge >= 0.3 is 11.9 Å². The maximum absolute atomic E-state index is 13.4. The second kappa shape index (κ2) is 8.36. The smallest absolute Gasteiger partial charge is 0.313 e. The van der Waals surface area contributed by atoms with Gasteiger partial charge in [-0.15, -0.1) is 0 Å². The van der Waals surface area contributed by atoms with Crippen molar-refractivity contribution < 1.29 is 33.0 Å². The van der Waals surface area contributed by atoms with Crippen molar-refractivity contribution in [3.8, 4) is 0 Å². The molecule has 2 bridgehead atoms. The summed E-state index contributed by atoms with van der Waals surface area (Å²) in [4.78, 5) is 39.9. The Kier molecular flexibility index (Phi) is 6.99. The quantitative estimate of drug-likeness (QED) is 0.441. The van der Waals surface area contributed by atoms with E-state index in [2.05, 4.69) is 33.9 Å². The van der Waals surface area contributed by atoms with E-state index >= 15 is 0 Å². The van der Waals surface area contributed by atoms with Gasteiger partial charge in [-0.25, -0.2) is 0 Å². The SMILES string of the molecule is CC(C)(C)OC(=O)[C@@H]1[C@H]2C=CC(=O)[C@](CO[Si](C)(C)C(C)(C)C)(O2)[C@H]1C(=O)OC(C)(C)C. The third kappa shape index (κ3) is 5.51. The van der Waals surface area contributed by atoms with E-state index in [9.17, 15) is 14.4 Å². The van der Waals surface area contributed by atoms with Gasteiger partial charge in [0.1, 0.15) is 23.0 Å². The zero-order valence-corrected chi connectivity index (χ0v) is 22.5. The molecule has 0 amide bonds. The Bertz CT molecular complexity index is 795. The van der Waals surface area contributed by atoms with E-state index < -0.39 is 60.8 Å². The molecule has 2 aliphatic heterocycles. The molecule has 0 N–H and O–H groups in total. The number of carbonyl (C=O) groups is 3. The predicted molar refractivity (Wildman–Crippen MR) is 124 cm³/mol. The first-order valence-electron chi connectivity index (χ1n) is 11.2. The van der Waals surface area contributed by atoms with Crippen LogP contribution in [0.5, 0.6) is 0 Å². The maximum Gasteiger partial charge on any atom is 0.313 e. The highest BCUT2D eigenvalue weighted by molar-refractivity contribution is 6.74. The normalized spacial score (nSPS) is 28.6. The van der Waals surface area contributed by atoms with Crippen LogP contribution in [0.3, 0.4) is 0 Å². The highest BCUT2D eigenvalue weighted by Crippen LogP contribution is 2.48. The van der Waals surface area contributed by atoms with Crippen molar-refractivity contribution >= 4 is 26.0 Å². The first kappa shape index (κ1) is 26.7. The van der Waals surface area contributed by atoms with Crippen molar-refractivity contribution in [2.24, 2.45) is 11.8 Å². The van der Waals surface area contributed by atoms with Gasteiger partial charge in [0, 0.05) is 0 Å². The van der Waals surface area contributed by atoms with Gasteiger partial charge in [0.25, 0.3) is 0 Å². The van der Waals surface area contributed by atoms with Gasteiger partial charge in [-0.2, -0.15) is 0 Å². The average molecular weight is 469 g/mol. The van der Waals surface area contributed by atoms with Crippen LogP contribution in [0.4, 0.5) is 0 Å². The summed E-state index contributed by atoms with van der Waals surface area (Å²) in [7, 11) is -2.29. The molecule has 182 valence electrons. The maximum atomic E-state index is 13.4. The molecule has 32 heavy (non-hydrogen) atoms. The highest BCUT2D eigenvalue weighted by Gasteiger charge is 2.67. The molecule has 1 saturated heterocycles. The van der Waals surface area contributed by atoms with Gasteiger partial charge in [0.15, 0.2) is 19.7 Å². The van der Waals surface area contributed by atoms with Crippen LogP contribution in [-0.4, -0.2) is 55.6 Å². The predicted octanol–water partition coefficient (Wildman–Crippen LogP) is 4.20. The summed E-state index contributed by atoms with van der Waals surface area (Å²) in [5, 5.41) is -0.110. The third-order valence-corrected chi connectivity index (χ3v) is 10.7. The van der Waals surface area contributed by atoms with E-state index in [1.807, 2.05) is 0 Å². The van der Waals surface area contributed by atoms with Gasteiger partial charge in [-0.1, -0.05) is 26.8 Å². The van der Waals surface area contributed by atoms with Crippen LogP contribution < -0.4 is 0 Å². The van der Waals surface area contributed by atoms with E-state index in [4.69, 9.17) is 18.6 Å². The van der Waals surface area contributed by atoms with Crippen molar-refractivity contribution in [3.63, 3.8) is 0 Å². The summed E-state index contributed by atoms with van der Waals surface area (Å²) in [5.41, 5.74) is -3.19. The van der Waals surface area contributed by atoms with Crippen LogP contribution in [-0.2, 0) is 33.0 Å². The Morgan fingerprint density at radius 3 is 1.94 bits per heavy atom. The summed E-state index contributed by atoms with van der Waals surface area (Å²) >= 11 is 0. The lowest BCUT2D eigenvalue weighted by Gasteiger charge is -2.41. The van der Waals surface area contributed by atoms with Crippen molar-refractivity contribution in [3.05, 3.63) is 12.2 Å². The molecule has 0 saturated carbocycles. The zero-order valence-electron chi connectivity index (χ0n) is 21.5. The summed E-state index contributed by atoms with van der Waals surface area (Å²) in [6, 6.07) is 0. The minimum absolute atomic E-state index is 0.110. The number of esters is 2. The van der Waals surface area contributed by atoms with Gasteiger partial charge in [-0.3, -0.25) is 14.4 Å². The molecular formula is C24H40O7Si. The molecule has 2 rings (SSSR count). The number of hydrogen-bond donors (Lipinski definition) is 0. The molecule has 0 aromatic rings. The van der Waals surface area contributed by atoms with Crippen molar-refractivity contribution in [2.75, 3.05) is 6.61 Å². The molecule has 2 heterocycles. The molecule has 7 nitrogen and oxygen atoms in total. The highest BCUT2D eigenvalue weighted by atomic mass is 28.4. The van der Waals surface area contributed by atoms with Crippen LogP contribution in [0.2, 0.25) is 18.1 Å². The molecule has 0 unspecified atom stereocenters. The summed E-state index contributed by atoms with van der Waals surface area (Å²) in [5.74, 6) is -3.82. The zero-order chi connectivity index (χ0) is 24.9. The van der Waals surface area contributed by atoms with Crippen LogP contribution in [0.25, 0.3) is 0 Å². The topological polar surface area (TPSA) is 88.1 Å². The largest absolute Gasteiger partial charge is 0.460 e. The Morgan fingerprint density at radius 1 is 0.969 bits per heavy atom. The number of ether oxygens (including phenoxy) is 3. The Balaban J connectivity index is 2.52. The van der Waals surface area contributed by atoms with E-state index in [-0.39, 0.29) is 11.6 Å². The number of rotatable bonds is 5. The van der Waals surface area contributed by atoms with E-state index in [0.29, 0.717) is 0 Å². The summed E-state index contributed by atoms with van der Waals surface area (Å²) < 4.78 is 23.8. The van der Waals surface area contributed by atoms with E-state index in [0.717, 1.165) is 0 Å². The van der Waals surface area contributed by atoms with Gasteiger partial charge in [0.2, 0.25) is 0 Å². The molecular weight excluding hydrogens is 428 g/mol. The molecule has 8 heteroatoms. The molecule has 4 atom stereocenters. The van der Waals surface area contributed by atoms with Crippen molar-refractivity contribution in [1.29, 1.82) is 0 Å². The van der Waals surface area contributed by atoms with Gasteiger partial charge < -0.3 is 18.6 Å². The third-order valence-electron chi connectivity index (χ3n) is 6.21. The minimum atomic E-state index is -2.29. The molecule has 0 aliphatic carbocycles. The lowest BCUT2D eigenvalue weighted by Crippen LogP contribution is -2.56. The minimum Gasteiger partial charge on any atom is -0.460 e. The second-order valence-electron chi connectivity index (χ2n) is 12.3. The van der Waals surface area contributed by atoms with E-state index in [1.54, 1.807) is 41.5 Å². The summed E-state index contributed by atoms with van der Waals surface area (Å²) in [6.07, 6.45) is 2.15. The molecule has 0 aromatic carbocycles. The number of carbonyl (C=O) groups excluding carboxylic acids is 3. The van der Waals surface area contributed by atoms with Crippen LogP contribution in [0.1, 0.15) is 62.3 Å². The second-order valence-corrected chi connectivity index (χ2v) is 17.1. The number of hydrogen-bond acceptors (Lipinski definition) is 7. The standard InChI is InChI=1S/C24H40O7Si/c1-21(2,3)30-19(26)17-15-12-13-16(25)24(29-15,14-28-32(10,11)23(7,8)9)18(17)20(27)31-22(4,5)6/h12-13,15,17-18H,14H2,1-11H3/t15-,17-,18-,24+/m1/s1. The van der Waals surface area contributed by atoms with Crippen LogP contribution in [0, 0.1) is 11.8 Å². The van der Waals surface area contributed by atoms with Gasteiger partial charge in [-0.05, 0) is 65.8 Å². The Hall–Kier alpha value is -1.51. The van der Waals surface area contributed by atoms with Crippen molar-refractivity contribution in [2.45, 2.75) is 103 Å².